The molecule has 3 rings (SSSR count). The molecule has 1 fully saturated rings. The topological polar surface area (TPSA) is 59.4 Å². The van der Waals surface area contributed by atoms with Crippen LogP contribution in [0.4, 0.5) is 5.69 Å². The smallest absolute Gasteiger partial charge is 0.248 e. The number of benzene rings is 1. The highest BCUT2D eigenvalue weighted by molar-refractivity contribution is 5.93. The molecular weight excluding hydrogens is 316 g/mol. The summed E-state index contributed by atoms with van der Waals surface area (Å²) in [6.07, 6.45) is 4.73. The first kappa shape index (κ1) is 17.5. The van der Waals surface area contributed by atoms with Gasteiger partial charge in [0, 0.05) is 31.2 Å². The van der Waals surface area contributed by atoms with Crippen LogP contribution in [-0.2, 0) is 4.79 Å². The van der Waals surface area contributed by atoms with Gasteiger partial charge < -0.3 is 10.1 Å². The number of hydrogen-bond donors (Lipinski definition) is 1. The van der Waals surface area contributed by atoms with Crippen molar-refractivity contribution in [3.8, 4) is 5.75 Å². The number of anilines is 1. The second-order valence-electron chi connectivity index (χ2n) is 6.72. The van der Waals surface area contributed by atoms with E-state index >= 15 is 0 Å². The number of ether oxygens (including phenoxy) is 1. The van der Waals surface area contributed by atoms with Gasteiger partial charge in [-0.15, -0.1) is 0 Å². The summed E-state index contributed by atoms with van der Waals surface area (Å²) >= 11 is 0. The summed E-state index contributed by atoms with van der Waals surface area (Å²) in [5, 5.41) is 7.00. The third kappa shape index (κ3) is 4.82. The molecule has 2 aromatic rings. The Labute approximate surface area is 148 Å². The number of nitrogens with one attached hydrogen (secondary N) is 1. The highest BCUT2D eigenvalue weighted by atomic mass is 16.5. The van der Waals surface area contributed by atoms with E-state index < -0.39 is 0 Å². The maximum absolute atomic E-state index is 12.2. The molecule has 1 amide bonds. The highest BCUT2D eigenvalue weighted by Crippen LogP contribution is 2.18. The van der Waals surface area contributed by atoms with Crippen LogP contribution in [0.3, 0.4) is 0 Å². The molecule has 25 heavy (non-hydrogen) atoms. The van der Waals surface area contributed by atoms with Gasteiger partial charge in [-0.1, -0.05) is 6.92 Å². The average molecular weight is 342 g/mol. The van der Waals surface area contributed by atoms with Crippen molar-refractivity contribution in [2.45, 2.75) is 26.3 Å². The standard InChI is InChI=1S/C19H26N4O2/c1-15-8-11-22(14-15)12-13-25-18-6-4-17(5-7-18)21-19(24)16(2)23-10-3-9-20-23/h3-7,9-10,15-16H,8,11-14H2,1-2H3,(H,21,24)/t15-,16+/m1/s1. The molecular formula is C19H26N4O2. The fourth-order valence-corrected chi connectivity index (χ4v) is 3.03. The van der Waals surface area contributed by atoms with Crippen molar-refractivity contribution in [2.75, 3.05) is 31.6 Å². The maximum Gasteiger partial charge on any atom is 0.248 e. The van der Waals surface area contributed by atoms with E-state index in [1.807, 2.05) is 31.2 Å². The normalized spacial score (nSPS) is 18.9. The van der Waals surface area contributed by atoms with E-state index in [4.69, 9.17) is 4.74 Å². The molecule has 0 spiro atoms. The summed E-state index contributed by atoms with van der Waals surface area (Å²) in [7, 11) is 0. The lowest BCUT2D eigenvalue weighted by Crippen LogP contribution is -2.26. The first-order chi connectivity index (χ1) is 12.1. The van der Waals surface area contributed by atoms with Crippen LogP contribution in [0, 0.1) is 5.92 Å². The fraction of sp³-hybridized carbons (Fsp3) is 0.474. The van der Waals surface area contributed by atoms with E-state index in [0.29, 0.717) is 6.61 Å². The molecule has 6 heteroatoms. The summed E-state index contributed by atoms with van der Waals surface area (Å²) in [6.45, 7) is 8.10. The Bertz CT molecular complexity index is 669. The van der Waals surface area contributed by atoms with Crippen molar-refractivity contribution >= 4 is 11.6 Å². The molecule has 0 bridgehead atoms. The highest BCUT2D eigenvalue weighted by Gasteiger charge is 2.18. The Morgan fingerprint density at radius 2 is 2.20 bits per heavy atom. The Kier molecular flexibility index (Phi) is 5.71. The van der Waals surface area contributed by atoms with Gasteiger partial charge in [0.05, 0.1) is 0 Å². The predicted octanol–water partition coefficient (Wildman–Crippen LogP) is 2.80. The molecule has 0 saturated carbocycles. The minimum Gasteiger partial charge on any atom is -0.492 e. The van der Waals surface area contributed by atoms with Crippen LogP contribution in [-0.4, -0.2) is 46.8 Å². The van der Waals surface area contributed by atoms with Gasteiger partial charge >= 0.3 is 0 Å². The predicted molar refractivity (Wildman–Crippen MR) is 97.7 cm³/mol. The number of amides is 1. The number of hydrogen-bond acceptors (Lipinski definition) is 4. The molecule has 1 saturated heterocycles. The van der Waals surface area contributed by atoms with Crippen molar-refractivity contribution < 1.29 is 9.53 Å². The summed E-state index contributed by atoms with van der Waals surface area (Å²) in [6, 6.07) is 8.95. The van der Waals surface area contributed by atoms with Gasteiger partial charge in [0.25, 0.3) is 0 Å². The molecule has 1 aromatic heterocycles. The summed E-state index contributed by atoms with van der Waals surface area (Å²) in [4.78, 5) is 14.7. The van der Waals surface area contributed by atoms with E-state index in [1.54, 1.807) is 23.1 Å². The van der Waals surface area contributed by atoms with Crippen LogP contribution in [0.1, 0.15) is 26.3 Å². The second kappa shape index (κ2) is 8.16. The van der Waals surface area contributed by atoms with Gasteiger partial charge in [-0.3, -0.25) is 14.4 Å². The number of nitrogens with zero attached hydrogens (tertiary/aromatic N) is 3. The SMILES string of the molecule is C[C@@H]1CCN(CCOc2ccc(NC(=O)[C@H](C)n3cccn3)cc2)C1. The summed E-state index contributed by atoms with van der Waals surface area (Å²) < 4.78 is 7.43. The van der Waals surface area contributed by atoms with E-state index in [-0.39, 0.29) is 11.9 Å². The molecule has 6 nitrogen and oxygen atoms in total. The minimum atomic E-state index is -0.353. The molecule has 2 atom stereocenters. The lowest BCUT2D eigenvalue weighted by molar-refractivity contribution is -0.119. The third-order valence-electron chi connectivity index (χ3n) is 4.61. The number of rotatable bonds is 7. The Morgan fingerprint density at radius 1 is 1.40 bits per heavy atom. The van der Waals surface area contributed by atoms with Gasteiger partial charge in [0.2, 0.25) is 5.91 Å². The first-order valence-corrected chi connectivity index (χ1v) is 8.87. The number of aromatic nitrogens is 2. The van der Waals surface area contributed by atoms with Gasteiger partial charge in [0.1, 0.15) is 18.4 Å². The Morgan fingerprint density at radius 3 is 2.84 bits per heavy atom. The Hall–Kier alpha value is -2.34. The molecule has 1 aliphatic rings. The molecule has 1 aliphatic heterocycles. The lowest BCUT2D eigenvalue weighted by atomic mass is 10.2. The van der Waals surface area contributed by atoms with E-state index in [0.717, 1.165) is 23.9 Å². The van der Waals surface area contributed by atoms with E-state index in [1.165, 1.54) is 19.5 Å². The zero-order valence-electron chi connectivity index (χ0n) is 14.9. The molecule has 134 valence electrons. The first-order valence-electron chi connectivity index (χ1n) is 8.87. The van der Waals surface area contributed by atoms with Gasteiger partial charge in [0.15, 0.2) is 0 Å². The second-order valence-corrected chi connectivity index (χ2v) is 6.72. The molecule has 0 radical (unpaired) electrons. The molecule has 2 heterocycles. The Balaban J connectivity index is 1.44. The van der Waals surface area contributed by atoms with Crippen LogP contribution >= 0.6 is 0 Å². The minimum absolute atomic E-state index is 0.0967. The monoisotopic (exact) mass is 342 g/mol. The zero-order chi connectivity index (χ0) is 17.6. The van der Waals surface area contributed by atoms with Crippen LogP contribution in [0.2, 0.25) is 0 Å². The van der Waals surface area contributed by atoms with Crippen molar-refractivity contribution in [1.29, 1.82) is 0 Å². The third-order valence-corrected chi connectivity index (χ3v) is 4.61. The quantitative estimate of drug-likeness (QED) is 0.840. The van der Waals surface area contributed by atoms with E-state index in [2.05, 4.69) is 22.2 Å². The maximum atomic E-state index is 12.2. The lowest BCUT2D eigenvalue weighted by Gasteiger charge is -2.16. The average Bonchev–Trinajstić information content (AvgIpc) is 3.27. The van der Waals surface area contributed by atoms with Gasteiger partial charge in [-0.2, -0.15) is 5.10 Å². The zero-order valence-corrected chi connectivity index (χ0v) is 14.9. The molecule has 0 unspecified atom stereocenters. The van der Waals surface area contributed by atoms with Gasteiger partial charge in [-0.25, -0.2) is 0 Å². The fourth-order valence-electron chi connectivity index (χ4n) is 3.03. The van der Waals surface area contributed by atoms with Gasteiger partial charge in [-0.05, 0) is 56.1 Å². The summed E-state index contributed by atoms with van der Waals surface area (Å²) in [5.41, 5.74) is 0.754. The number of carbonyl (C=O) groups is 1. The van der Waals surface area contributed by atoms with Crippen LogP contribution in [0.15, 0.2) is 42.7 Å². The summed E-state index contributed by atoms with van der Waals surface area (Å²) in [5.74, 6) is 1.53. The van der Waals surface area contributed by atoms with Crippen molar-refractivity contribution in [1.82, 2.24) is 14.7 Å². The molecule has 1 aromatic carbocycles. The number of likely N-dealkylation sites (tertiary alicyclic amines) is 1. The van der Waals surface area contributed by atoms with Crippen LogP contribution in [0.5, 0.6) is 5.75 Å². The molecule has 1 N–H and O–H groups in total. The number of carbonyl (C=O) groups excluding carboxylic acids is 1. The molecule has 0 aliphatic carbocycles. The largest absolute Gasteiger partial charge is 0.492 e. The van der Waals surface area contributed by atoms with Crippen molar-refractivity contribution in [3.05, 3.63) is 42.7 Å². The van der Waals surface area contributed by atoms with Crippen LogP contribution in [0.25, 0.3) is 0 Å². The van der Waals surface area contributed by atoms with Crippen molar-refractivity contribution in [2.24, 2.45) is 5.92 Å². The van der Waals surface area contributed by atoms with E-state index in [9.17, 15) is 4.79 Å². The van der Waals surface area contributed by atoms with Crippen molar-refractivity contribution in [3.63, 3.8) is 0 Å². The van der Waals surface area contributed by atoms with Crippen LogP contribution < -0.4 is 10.1 Å².